The number of anilines is 1. The van der Waals surface area contributed by atoms with Gasteiger partial charge in [0.05, 0.1) is 6.10 Å². The maximum Gasteiger partial charge on any atom is 0.129 e. The maximum atomic E-state index is 5.99. The van der Waals surface area contributed by atoms with Crippen molar-refractivity contribution in [2.45, 2.75) is 38.7 Å². The number of ether oxygens (including phenoxy) is 1. The molecule has 0 bridgehead atoms. The number of nitrogens with zero attached hydrogens (tertiary/aromatic N) is 1. The van der Waals surface area contributed by atoms with E-state index in [1.165, 1.54) is 25.7 Å². The Morgan fingerprint density at radius 1 is 1.44 bits per heavy atom. The Kier molecular flexibility index (Phi) is 3.65. The van der Waals surface area contributed by atoms with E-state index in [1.807, 2.05) is 19.2 Å². The average Bonchev–Trinajstić information content (AvgIpc) is 2.29. The van der Waals surface area contributed by atoms with E-state index < -0.39 is 0 Å². The SMILES string of the molecule is CNc1cc(OC2CCCC(C)C2)ccn1. The van der Waals surface area contributed by atoms with Gasteiger partial charge in [-0.3, -0.25) is 0 Å². The molecule has 1 fully saturated rings. The molecule has 0 radical (unpaired) electrons. The van der Waals surface area contributed by atoms with Gasteiger partial charge in [-0.05, 0) is 31.2 Å². The second-order valence-electron chi connectivity index (χ2n) is 4.64. The van der Waals surface area contributed by atoms with Crippen LogP contribution in [0.15, 0.2) is 18.3 Å². The van der Waals surface area contributed by atoms with Gasteiger partial charge in [0.2, 0.25) is 0 Å². The summed E-state index contributed by atoms with van der Waals surface area (Å²) >= 11 is 0. The molecule has 1 aromatic heterocycles. The number of hydrogen-bond acceptors (Lipinski definition) is 3. The topological polar surface area (TPSA) is 34.1 Å². The van der Waals surface area contributed by atoms with Crippen molar-refractivity contribution < 1.29 is 4.74 Å². The molecule has 0 aliphatic heterocycles. The monoisotopic (exact) mass is 220 g/mol. The maximum absolute atomic E-state index is 5.99. The summed E-state index contributed by atoms with van der Waals surface area (Å²) in [6, 6.07) is 3.89. The fourth-order valence-electron chi connectivity index (χ4n) is 2.30. The minimum atomic E-state index is 0.385. The average molecular weight is 220 g/mol. The molecule has 0 spiro atoms. The Hall–Kier alpha value is -1.25. The molecule has 88 valence electrons. The first kappa shape index (κ1) is 11.2. The third-order valence-electron chi connectivity index (χ3n) is 3.18. The van der Waals surface area contributed by atoms with E-state index in [2.05, 4.69) is 17.2 Å². The summed E-state index contributed by atoms with van der Waals surface area (Å²) in [6.07, 6.45) is 7.16. The summed E-state index contributed by atoms with van der Waals surface area (Å²) in [7, 11) is 1.87. The van der Waals surface area contributed by atoms with Crippen molar-refractivity contribution in [3.05, 3.63) is 18.3 Å². The van der Waals surface area contributed by atoms with Crippen LogP contribution in [-0.4, -0.2) is 18.1 Å². The van der Waals surface area contributed by atoms with Gasteiger partial charge in [-0.25, -0.2) is 4.98 Å². The van der Waals surface area contributed by atoms with Crippen molar-refractivity contribution in [2.75, 3.05) is 12.4 Å². The minimum Gasteiger partial charge on any atom is -0.490 e. The molecule has 2 rings (SSSR count). The van der Waals surface area contributed by atoms with Crippen LogP contribution in [0.1, 0.15) is 32.6 Å². The van der Waals surface area contributed by atoms with Crippen LogP contribution in [-0.2, 0) is 0 Å². The quantitative estimate of drug-likeness (QED) is 0.850. The molecule has 16 heavy (non-hydrogen) atoms. The smallest absolute Gasteiger partial charge is 0.129 e. The lowest BCUT2D eigenvalue weighted by molar-refractivity contribution is 0.129. The molecule has 0 saturated heterocycles. The van der Waals surface area contributed by atoms with E-state index in [-0.39, 0.29) is 0 Å². The van der Waals surface area contributed by atoms with Crippen molar-refractivity contribution in [1.29, 1.82) is 0 Å². The first-order valence-corrected chi connectivity index (χ1v) is 6.08. The van der Waals surface area contributed by atoms with Gasteiger partial charge in [0.25, 0.3) is 0 Å². The second kappa shape index (κ2) is 5.19. The predicted octanol–water partition coefficient (Wildman–Crippen LogP) is 3.08. The summed E-state index contributed by atoms with van der Waals surface area (Å²) in [4.78, 5) is 4.17. The molecular weight excluding hydrogens is 200 g/mol. The van der Waals surface area contributed by atoms with Crippen LogP contribution in [0.25, 0.3) is 0 Å². The zero-order valence-corrected chi connectivity index (χ0v) is 10.1. The highest BCUT2D eigenvalue weighted by atomic mass is 16.5. The van der Waals surface area contributed by atoms with E-state index >= 15 is 0 Å². The zero-order valence-electron chi connectivity index (χ0n) is 10.1. The van der Waals surface area contributed by atoms with Crippen LogP contribution in [0.5, 0.6) is 5.75 Å². The lowest BCUT2D eigenvalue weighted by atomic mass is 9.89. The molecule has 1 saturated carbocycles. The second-order valence-corrected chi connectivity index (χ2v) is 4.64. The molecule has 0 amide bonds. The van der Waals surface area contributed by atoms with Crippen LogP contribution in [0.4, 0.5) is 5.82 Å². The van der Waals surface area contributed by atoms with Crippen LogP contribution >= 0.6 is 0 Å². The zero-order chi connectivity index (χ0) is 11.4. The van der Waals surface area contributed by atoms with Gasteiger partial charge in [-0.1, -0.05) is 13.3 Å². The van der Waals surface area contributed by atoms with Crippen molar-refractivity contribution >= 4 is 5.82 Å². The van der Waals surface area contributed by atoms with E-state index in [1.54, 1.807) is 6.20 Å². The van der Waals surface area contributed by atoms with Crippen molar-refractivity contribution in [3.63, 3.8) is 0 Å². The van der Waals surface area contributed by atoms with Crippen LogP contribution < -0.4 is 10.1 Å². The van der Waals surface area contributed by atoms with Gasteiger partial charge in [0.1, 0.15) is 11.6 Å². The molecule has 1 N–H and O–H groups in total. The molecule has 3 heteroatoms. The highest BCUT2D eigenvalue weighted by Gasteiger charge is 2.20. The summed E-state index contributed by atoms with van der Waals surface area (Å²) < 4.78 is 5.99. The van der Waals surface area contributed by atoms with Gasteiger partial charge in [-0.2, -0.15) is 0 Å². The van der Waals surface area contributed by atoms with Gasteiger partial charge in [0.15, 0.2) is 0 Å². The first-order chi connectivity index (χ1) is 7.78. The summed E-state index contributed by atoms with van der Waals surface area (Å²) in [5, 5.41) is 3.02. The van der Waals surface area contributed by atoms with Crippen molar-refractivity contribution in [1.82, 2.24) is 4.98 Å². The van der Waals surface area contributed by atoms with Gasteiger partial charge in [0, 0.05) is 19.3 Å². The Morgan fingerprint density at radius 3 is 3.06 bits per heavy atom. The van der Waals surface area contributed by atoms with Crippen LogP contribution in [0.3, 0.4) is 0 Å². The fraction of sp³-hybridized carbons (Fsp3) is 0.615. The lowest BCUT2D eigenvalue weighted by Gasteiger charge is -2.27. The predicted molar refractivity (Wildman–Crippen MR) is 65.8 cm³/mol. The number of rotatable bonds is 3. The summed E-state index contributed by atoms with van der Waals surface area (Å²) in [5.74, 6) is 2.59. The Balaban J connectivity index is 1.97. The largest absolute Gasteiger partial charge is 0.490 e. The standard InChI is InChI=1S/C13H20N2O/c1-10-4-3-5-11(8-10)16-12-6-7-15-13(9-12)14-2/h6-7,9-11H,3-5,8H2,1-2H3,(H,14,15). The molecule has 2 unspecified atom stereocenters. The Labute approximate surface area is 97.2 Å². The molecule has 3 nitrogen and oxygen atoms in total. The van der Waals surface area contributed by atoms with Crippen molar-refractivity contribution in [2.24, 2.45) is 5.92 Å². The number of pyridine rings is 1. The number of aromatic nitrogens is 1. The van der Waals surface area contributed by atoms with Gasteiger partial charge in [-0.15, -0.1) is 0 Å². The highest BCUT2D eigenvalue weighted by Crippen LogP contribution is 2.27. The fourth-order valence-corrected chi connectivity index (χ4v) is 2.30. The van der Waals surface area contributed by atoms with Crippen LogP contribution in [0.2, 0.25) is 0 Å². The Bertz CT molecular complexity index is 340. The van der Waals surface area contributed by atoms with E-state index in [0.717, 1.165) is 17.5 Å². The number of hydrogen-bond donors (Lipinski definition) is 1. The lowest BCUT2D eigenvalue weighted by Crippen LogP contribution is -2.24. The summed E-state index contributed by atoms with van der Waals surface area (Å²) in [5.41, 5.74) is 0. The van der Waals surface area contributed by atoms with E-state index in [0.29, 0.717) is 6.10 Å². The molecule has 1 aromatic rings. The molecular formula is C13H20N2O. The van der Waals surface area contributed by atoms with Crippen LogP contribution in [0, 0.1) is 5.92 Å². The molecule has 1 aliphatic rings. The summed E-state index contributed by atoms with van der Waals surface area (Å²) in [6.45, 7) is 2.31. The van der Waals surface area contributed by atoms with Gasteiger partial charge < -0.3 is 10.1 Å². The van der Waals surface area contributed by atoms with E-state index in [4.69, 9.17) is 4.74 Å². The molecule has 0 aromatic carbocycles. The minimum absolute atomic E-state index is 0.385. The normalized spacial score (nSPS) is 25.1. The van der Waals surface area contributed by atoms with E-state index in [9.17, 15) is 0 Å². The number of nitrogens with one attached hydrogen (secondary N) is 1. The van der Waals surface area contributed by atoms with Crippen molar-refractivity contribution in [3.8, 4) is 5.75 Å². The third-order valence-corrected chi connectivity index (χ3v) is 3.18. The Morgan fingerprint density at radius 2 is 2.31 bits per heavy atom. The first-order valence-electron chi connectivity index (χ1n) is 6.08. The molecule has 2 atom stereocenters. The molecule has 1 heterocycles. The highest BCUT2D eigenvalue weighted by molar-refractivity contribution is 5.39. The third kappa shape index (κ3) is 2.87. The molecule has 1 aliphatic carbocycles. The van der Waals surface area contributed by atoms with Gasteiger partial charge >= 0.3 is 0 Å².